The predicted molar refractivity (Wildman–Crippen MR) is 136 cm³/mol. The summed E-state index contributed by atoms with van der Waals surface area (Å²) in [4.78, 5) is 25.6. The van der Waals surface area contributed by atoms with Gasteiger partial charge >= 0.3 is 5.97 Å². The minimum Gasteiger partial charge on any atom is -0.497 e. The van der Waals surface area contributed by atoms with E-state index in [2.05, 4.69) is 5.32 Å². The summed E-state index contributed by atoms with van der Waals surface area (Å²) < 4.78 is 26.5. The van der Waals surface area contributed by atoms with Gasteiger partial charge in [-0.3, -0.25) is 4.79 Å². The van der Waals surface area contributed by atoms with E-state index in [1.54, 1.807) is 70.0 Å². The van der Waals surface area contributed by atoms with Crippen molar-refractivity contribution in [1.82, 2.24) is 0 Å². The van der Waals surface area contributed by atoms with Crippen LogP contribution in [0, 0.1) is 0 Å². The van der Waals surface area contributed by atoms with E-state index in [4.69, 9.17) is 23.7 Å². The molecule has 9 heteroatoms. The van der Waals surface area contributed by atoms with Gasteiger partial charge in [0.05, 0.1) is 35.0 Å². The van der Waals surface area contributed by atoms with Crippen LogP contribution < -0.4 is 24.3 Å². The molecule has 1 aromatic heterocycles. The molecule has 2 aromatic carbocycles. The predicted octanol–water partition coefficient (Wildman–Crippen LogP) is 5.28. The normalized spacial score (nSPS) is 10.7. The number of methoxy groups -OCH3 is 4. The number of benzene rings is 2. The maximum absolute atomic E-state index is 12.8. The fraction of sp³-hybridized carbons (Fsp3) is 0.231. The van der Waals surface area contributed by atoms with E-state index in [1.165, 1.54) is 24.5 Å². The summed E-state index contributed by atoms with van der Waals surface area (Å²) in [5, 5.41) is 4.96. The summed E-state index contributed by atoms with van der Waals surface area (Å²) in [5.41, 5.74) is 2.27. The van der Waals surface area contributed by atoms with Gasteiger partial charge in [0.25, 0.3) is 0 Å². The Morgan fingerprint density at radius 3 is 2.29 bits per heavy atom. The van der Waals surface area contributed by atoms with Crippen molar-refractivity contribution in [2.24, 2.45) is 0 Å². The second-order valence-corrected chi connectivity index (χ2v) is 7.95. The Kier molecular flexibility index (Phi) is 8.74. The molecule has 0 aliphatic heterocycles. The Labute approximate surface area is 208 Å². The smallest absolute Gasteiger partial charge is 0.341 e. The Balaban J connectivity index is 1.93. The first-order chi connectivity index (χ1) is 16.9. The number of amides is 1. The molecule has 1 heterocycles. The first-order valence-corrected chi connectivity index (χ1v) is 11.6. The van der Waals surface area contributed by atoms with Crippen molar-refractivity contribution in [3.8, 4) is 34.1 Å². The van der Waals surface area contributed by atoms with Crippen LogP contribution in [-0.4, -0.2) is 46.9 Å². The average Bonchev–Trinajstić information content (AvgIpc) is 3.30. The van der Waals surface area contributed by atoms with Crippen LogP contribution in [0.1, 0.15) is 22.8 Å². The van der Waals surface area contributed by atoms with E-state index < -0.39 is 11.9 Å². The Bertz CT molecular complexity index is 1230. The van der Waals surface area contributed by atoms with Crippen LogP contribution in [0.4, 0.5) is 5.00 Å². The topological polar surface area (TPSA) is 92.3 Å². The highest BCUT2D eigenvalue weighted by molar-refractivity contribution is 7.15. The summed E-state index contributed by atoms with van der Waals surface area (Å²) >= 11 is 1.23. The lowest BCUT2D eigenvalue weighted by Crippen LogP contribution is -2.12. The lowest BCUT2D eigenvalue weighted by molar-refractivity contribution is -0.111. The molecule has 184 valence electrons. The lowest BCUT2D eigenvalue weighted by Gasteiger charge is -2.11. The summed E-state index contributed by atoms with van der Waals surface area (Å²) in [5.74, 6) is 1.36. The minimum absolute atomic E-state index is 0.197. The standard InChI is InChI=1S/C26H27NO7S/c1-6-34-26(29)24-19(16-7-10-21(32-4)22(14-16)33-5)15-35-25(24)27-23(28)12-8-17-13-18(30-2)9-11-20(17)31-3/h7-15H,6H2,1-5H3,(H,27,28)/b12-8+. The molecule has 0 saturated heterocycles. The van der Waals surface area contributed by atoms with Crippen LogP contribution in [0.3, 0.4) is 0 Å². The van der Waals surface area contributed by atoms with E-state index in [1.807, 2.05) is 6.07 Å². The zero-order valence-electron chi connectivity index (χ0n) is 20.2. The van der Waals surface area contributed by atoms with E-state index >= 15 is 0 Å². The Morgan fingerprint density at radius 2 is 1.63 bits per heavy atom. The molecule has 0 atom stereocenters. The van der Waals surface area contributed by atoms with Gasteiger partial charge in [0.15, 0.2) is 11.5 Å². The third-order valence-corrected chi connectivity index (χ3v) is 5.95. The van der Waals surface area contributed by atoms with Crippen LogP contribution in [-0.2, 0) is 9.53 Å². The highest BCUT2D eigenvalue weighted by Gasteiger charge is 2.23. The lowest BCUT2D eigenvalue weighted by atomic mass is 10.0. The van der Waals surface area contributed by atoms with Crippen molar-refractivity contribution in [2.75, 3.05) is 40.4 Å². The number of carbonyl (C=O) groups is 2. The SMILES string of the molecule is CCOC(=O)c1c(-c2ccc(OC)c(OC)c2)csc1NC(=O)/C=C/c1cc(OC)ccc1OC. The monoisotopic (exact) mass is 497 g/mol. The average molecular weight is 498 g/mol. The molecule has 0 radical (unpaired) electrons. The number of nitrogens with one attached hydrogen (secondary N) is 1. The summed E-state index contributed by atoms with van der Waals surface area (Å²) in [6.07, 6.45) is 2.98. The number of thiophene rings is 1. The molecule has 0 spiro atoms. The van der Waals surface area contributed by atoms with E-state index in [0.717, 1.165) is 5.56 Å². The number of anilines is 1. The number of hydrogen-bond donors (Lipinski definition) is 1. The largest absolute Gasteiger partial charge is 0.497 e. The molecule has 0 aliphatic rings. The number of carbonyl (C=O) groups excluding carboxylic acids is 2. The van der Waals surface area contributed by atoms with Crippen molar-refractivity contribution < 1.29 is 33.3 Å². The molecule has 0 saturated carbocycles. The Hall–Kier alpha value is -3.98. The van der Waals surface area contributed by atoms with Gasteiger partial charge in [0.2, 0.25) is 5.91 Å². The van der Waals surface area contributed by atoms with E-state index in [-0.39, 0.29) is 12.2 Å². The highest BCUT2D eigenvalue weighted by atomic mass is 32.1. The van der Waals surface area contributed by atoms with Crippen LogP contribution in [0.15, 0.2) is 47.9 Å². The summed E-state index contributed by atoms with van der Waals surface area (Å²) in [6, 6.07) is 10.6. The summed E-state index contributed by atoms with van der Waals surface area (Å²) in [6.45, 7) is 1.92. The van der Waals surface area contributed by atoms with Gasteiger partial charge in [-0.2, -0.15) is 0 Å². The zero-order valence-corrected chi connectivity index (χ0v) is 21.0. The van der Waals surface area contributed by atoms with Crippen molar-refractivity contribution >= 4 is 34.3 Å². The number of rotatable bonds is 10. The molecule has 0 unspecified atom stereocenters. The van der Waals surface area contributed by atoms with Gasteiger partial charge < -0.3 is 29.0 Å². The van der Waals surface area contributed by atoms with Crippen molar-refractivity contribution in [2.45, 2.75) is 6.92 Å². The Morgan fingerprint density at radius 1 is 0.914 bits per heavy atom. The quantitative estimate of drug-likeness (QED) is 0.301. The van der Waals surface area contributed by atoms with Crippen molar-refractivity contribution in [1.29, 1.82) is 0 Å². The van der Waals surface area contributed by atoms with Gasteiger partial charge in [0.1, 0.15) is 22.1 Å². The number of ether oxygens (including phenoxy) is 5. The van der Waals surface area contributed by atoms with Crippen molar-refractivity contribution in [3.63, 3.8) is 0 Å². The van der Waals surface area contributed by atoms with E-state index in [9.17, 15) is 9.59 Å². The number of hydrogen-bond acceptors (Lipinski definition) is 8. The van der Waals surface area contributed by atoms with Crippen LogP contribution in [0.2, 0.25) is 0 Å². The fourth-order valence-electron chi connectivity index (χ4n) is 3.36. The molecular weight excluding hydrogens is 470 g/mol. The maximum atomic E-state index is 12.8. The molecule has 3 rings (SSSR count). The molecule has 1 N–H and O–H groups in total. The summed E-state index contributed by atoms with van der Waals surface area (Å²) in [7, 11) is 6.20. The van der Waals surface area contributed by atoms with Gasteiger partial charge in [0, 0.05) is 22.6 Å². The first kappa shape index (κ1) is 25.6. The number of esters is 1. The molecule has 0 fully saturated rings. The molecule has 0 bridgehead atoms. The highest BCUT2D eigenvalue weighted by Crippen LogP contribution is 2.39. The van der Waals surface area contributed by atoms with Gasteiger partial charge in [-0.15, -0.1) is 11.3 Å². The molecule has 1 amide bonds. The van der Waals surface area contributed by atoms with Crippen LogP contribution >= 0.6 is 11.3 Å². The first-order valence-electron chi connectivity index (χ1n) is 10.7. The molecular formula is C26H27NO7S. The molecule has 35 heavy (non-hydrogen) atoms. The zero-order chi connectivity index (χ0) is 25.4. The van der Waals surface area contributed by atoms with Gasteiger partial charge in [-0.05, 0) is 48.9 Å². The third kappa shape index (κ3) is 5.93. The molecule has 8 nitrogen and oxygen atoms in total. The van der Waals surface area contributed by atoms with Gasteiger partial charge in [-0.1, -0.05) is 6.07 Å². The van der Waals surface area contributed by atoms with Crippen LogP contribution in [0.25, 0.3) is 17.2 Å². The second kappa shape index (κ2) is 11.9. The fourth-order valence-corrected chi connectivity index (χ4v) is 4.32. The van der Waals surface area contributed by atoms with Crippen LogP contribution in [0.5, 0.6) is 23.0 Å². The molecule has 3 aromatic rings. The second-order valence-electron chi connectivity index (χ2n) is 7.07. The third-order valence-electron chi connectivity index (χ3n) is 5.05. The maximum Gasteiger partial charge on any atom is 0.341 e. The van der Waals surface area contributed by atoms with E-state index in [0.29, 0.717) is 39.1 Å². The molecule has 0 aliphatic carbocycles. The minimum atomic E-state index is -0.535. The van der Waals surface area contributed by atoms with Crippen molar-refractivity contribution in [3.05, 3.63) is 59.0 Å². The van der Waals surface area contributed by atoms with Gasteiger partial charge in [-0.25, -0.2) is 4.79 Å².